The quantitative estimate of drug-likeness (QED) is 0.844. The van der Waals surface area contributed by atoms with Gasteiger partial charge >= 0.3 is 0 Å². The van der Waals surface area contributed by atoms with Crippen molar-refractivity contribution >= 4 is 22.6 Å². The molecule has 3 rings (SSSR count). The minimum Gasteiger partial charge on any atom is -0.373 e. The molecule has 0 spiro atoms. The summed E-state index contributed by atoms with van der Waals surface area (Å²) in [6.07, 6.45) is 3.26. The summed E-state index contributed by atoms with van der Waals surface area (Å²) in [5.41, 5.74) is 0.914. The van der Waals surface area contributed by atoms with Gasteiger partial charge in [0.2, 0.25) is 0 Å². The van der Waals surface area contributed by atoms with Crippen LogP contribution in [-0.2, 0) is 14.9 Å². The molecule has 24 heavy (non-hydrogen) atoms. The second kappa shape index (κ2) is 8.07. The summed E-state index contributed by atoms with van der Waals surface area (Å²) in [5, 5.41) is 3.28. The number of rotatable bonds is 3. The molecule has 0 aromatic carbocycles. The van der Waals surface area contributed by atoms with Gasteiger partial charge in [-0.15, -0.1) is 12.4 Å². The number of pyridine rings is 1. The third-order valence-corrected chi connectivity index (χ3v) is 6.25. The van der Waals surface area contributed by atoms with Crippen molar-refractivity contribution in [1.82, 2.24) is 18.9 Å². The van der Waals surface area contributed by atoms with Crippen LogP contribution in [0.1, 0.15) is 25.5 Å². The SMILES string of the molecule is CC1CN(S(=O)(=O)N2CCNCC2c2cccnc2)CC(C)O1.Cl. The highest BCUT2D eigenvalue weighted by Crippen LogP contribution is 2.27. The van der Waals surface area contributed by atoms with Gasteiger partial charge in [-0.2, -0.15) is 17.0 Å². The summed E-state index contributed by atoms with van der Waals surface area (Å²) in [4.78, 5) is 4.13. The van der Waals surface area contributed by atoms with Crippen LogP contribution in [0.25, 0.3) is 0 Å². The van der Waals surface area contributed by atoms with Crippen molar-refractivity contribution in [1.29, 1.82) is 0 Å². The Bertz CT molecular complexity index is 621. The molecule has 2 fully saturated rings. The van der Waals surface area contributed by atoms with E-state index in [-0.39, 0.29) is 30.7 Å². The number of nitrogens with one attached hydrogen (secondary N) is 1. The van der Waals surface area contributed by atoms with E-state index in [4.69, 9.17) is 4.74 Å². The Labute approximate surface area is 150 Å². The Morgan fingerprint density at radius 1 is 1.29 bits per heavy atom. The average Bonchev–Trinajstić information content (AvgIpc) is 2.55. The molecule has 1 aromatic rings. The summed E-state index contributed by atoms with van der Waals surface area (Å²) in [6.45, 7) is 6.34. The summed E-state index contributed by atoms with van der Waals surface area (Å²) in [7, 11) is -3.53. The lowest BCUT2D eigenvalue weighted by molar-refractivity contribution is -0.0459. The van der Waals surface area contributed by atoms with Crippen LogP contribution in [-0.4, -0.2) is 66.9 Å². The normalized spacial score (nSPS) is 29.8. The molecule has 2 saturated heterocycles. The first kappa shape index (κ1) is 19.6. The molecule has 136 valence electrons. The van der Waals surface area contributed by atoms with Gasteiger partial charge < -0.3 is 10.1 Å². The molecule has 0 saturated carbocycles. The molecular formula is C15H25ClN4O3S. The van der Waals surface area contributed by atoms with Gasteiger partial charge in [0.25, 0.3) is 10.2 Å². The molecule has 0 amide bonds. The number of hydrogen-bond donors (Lipinski definition) is 1. The zero-order chi connectivity index (χ0) is 16.4. The Morgan fingerprint density at radius 3 is 2.62 bits per heavy atom. The molecule has 3 atom stereocenters. The number of piperazine rings is 1. The summed E-state index contributed by atoms with van der Waals surface area (Å²) >= 11 is 0. The van der Waals surface area contributed by atoms with Crippen molar-refractivity contribution < 1.29 is 13.2 Å². The van der Waals surface area contributed by atoms with Crippen molar-refractivity contribution in [3.8, 4) is 0 Å². The molecule has 3 unspecified atom stereocenters. The fraction of sp³-hybridized carbons (Fsp3) is 0.667. The first-order valence-electron chi connectivity index (χ1n) is 8.01. The monoisotopic (exact) mass is 376 g/mol. The van der Waals surface area contributed by atoms with Crippen molar-refractivity contribution in [2.75, 3.05) is 32.7 Å². The molecular weight excluding hydrogens is 352 g/mol. The zero-order valence-electron chi connectivity index (χ0n) is 14.0. The highest BCUT2D eigenvalue weighted by Gasteiger charge is 2.40. The van der Waals surface area contributed by atoms with Crippen molar-refractivity contribution in [2.45, 2.75) is 32.1 Å². The molecule has 2 aliphatic heterocycles. The van der Waals surface area contributed by atoms with E-state index < -0.39 is 10.2 Å². The van der Waals surface area contributed by atoms with Crippen LogP contribution in [0.3, 0.4) is 0 Å². The molecule has 0 bridgehead atoms. The lowest BCUT2D eigenvalue weighted by Crippen LogP contribution is -2.57. The number of hydrogen-bond acceptors (Lipinski definition) is 5. The fourth-order valence-corrected chi connectivity index (χ4v) is 5.22. The minimum atomic E-state index is -3.53. The molecule has 2 aliphatic rings. The van der Waals surface area contributed by atoms with Gasteiger partial charge in [0.1, 0.15) is 0 Å². The van der Waals surface area contributed by atoms with E-state index >= 15 is 0 Å². The molecule has 3 heterocycles. The van der Waals surface area contributed by atoms with Gasteiger partial charge in [0.05, 0.1) is 18.2 Å². The van der Waals surface area contributed by atoms with E-state index in [1.807, 2.05) is 26.0 Å². The van der Waals surface area contributed by atoms with E-state index in [1.165, 1.54) is 0 Å². The molecule has 1 aromatic heterocycles. The third kappa shape index (κ3) is 4.07. The van der Waals surface area contributed by atoms with E-state index in [0.29, 0.717) is 32.7 Å². The largest absolute Gasteiger partial charge is 0.373 e. The van der Waals surface area contributed by atoms with E-state index in [1.54, 1.807) is 21.0 Å². The highest BCUT2D eigenvalue weighted by molar-refractivity contribution is 7.86. The van der Waals surface area contributed by atoms with E-state index in [9.17, 15) is 8.42 Å². The summed E-state index contributed by atoms with van der Waals surface area (Å²) in [6, 6.07) is 3.54. The van der Waals surface area contributed by atoms with Crippen molar-refractivity contribution in [2.24, 2.45) is 0 Å². The number of halogens is 1. The average molecular weight is 377 g/mol. The van der Waals surface area contributed by atoms with Gasteiger partial charge in [-0.05, 0) is 25.5 Å². The molecule has 0 aliphatic carbocycles. The Hall–Kier alpha value is -0.770. The van der Waals surface area contributed by atoms with E-state index in [0.717, 1.165) is 5.56 Å². The minimum absolute atomic E-state index is 0. The van der Waals surface area contributed by atoms with Gasteiger partial charge in [-0.25, -0.2) is 0 Å². The molecule has 1 N–H and O–H groups in total. The van der Waals surface area contributed by atoms with E-state index in [2.05, 4.69) is 10.3 Å². The van der Waals surface area contributed by atoms with Crippen LogP contribution >= 0.6 is 12.4 Å². The molecule has 7 nitrogen and oxygen atoms in total. The van der Waals surface area contributed by atoms with Crippen LogP contribution in [0.4, 0.5) is 0 Å². The number of nitrogens with zero attached hydrogens (tertiary/aromatic N) is 3. The first-order chi connectivity index (χ1) is 11.0. The first-order valence-corrected chi connectivity index (χ1v) is 9.41. The zero-order valence-corrected chi connectivity index (χ0v) is 15.6. The summed E-state index contributed by atoms with van der Waals surface area (Å²) < 4.78 is 35.1. The van der Waals surface area contributed by atoms with Crippen molar-refractivity contribution in [3.63, 3.8) is 0 Å². The summed E-state index contributed by atoms with van der Waals surface area (Å²) in [5.74, 6) is 0. The van der Waals surface area contributed by atoms with Gasteiger partial charge in [0, 0.05) is 45.1 Å². The third-order valence-electron chi connectivity index (χ3n) is 4.27. The molecule has 0 radical (unpaired) electrons. The smallest absolute Gasteiger partial charge is 0.282 e. The second-order valence-electron chi connectivity index (χ2n) is 6.20. The van der Waals surface area contributed by atoms with Crippen LogP contribution in [0.5, 0.6) is 0 Å². The second-order valence-corrected chi connectivity index (χ2v) is 8.08. The Kier molecular flexibility index (Phi) is 6.58. The lowest BCUT2D eigenvalue weighted by Gasteiger charge is -2.41. The van der Waals surface area contributed by atoms with Crippen LogP contribution in [0.15, 0.2) is 24.5 Å². The predicted molar refractivity (Wildman–Crippen MR) is 94.3 cm³/mol. The van der Waals surface area contributed by atoms with Crippen LogP contribution in [0, 0.1) is 0 Å². The maximum Gasteiger partial charge on any atom is 0.282 e. The van der Waals surface area contributed by atoms with Gasteiger partial charge in [-0.1, -0.05) is 6.07 Å². The topological polar surface area (TPSA) is 74.8 Å². The number of aromatic nitrogens is 1. The number of ether oxygens (including phenoxy) is 1. The lowest BCUT2D eigenvalue weighted by atomic mass is 10.1. The Morgan fingerprint density at radius 2 is 2.00 bits per heavy atom. The fourth-order valence-electron chi connectivity index (χ4n) is 3.29. The standard InChI is InChI=1S/C15H24N4O3S.ClH/c1-12-10-18(11-13(2)22-12)23(20,21)19-7-6-17-9-15(19)14-4-3-5-16-8-14;/h3-5,8,12-13,15,17H,6-7,9-11H2,1-2H3;1H. The maximum atomic E-state index is 13.2. The molecule has 9 heteroatoms. The predicted octanol–water partition coefficient (Wildman–Crippen LogP) is 0.804. The maximum absolute atomic E-state index is 13.2. The van der Waals surface area contributed by atoms with Crippen LogP contribution in [0.2, 0.25) is 0 Å². The highest BCUT2D eigenvalue weighted by atomic mass is 35.5. The Balaban J connectivity index is 0.00000208. The number of morpholine rings is 1. The van der Waals surface area contributed by atoms with Gasteiger partial charge in [0.15, 0.2) is 0 Å². The van der Waals surface area contributed by atoms with Gasteiger partial charge in [-0.3, -0.25) is 4.98 Å². The van der Waals surface area contributed by atoms with Crippen LogP contribution < -0.4 is 5.32 Å². The van der Waals surface area contributed by atoms with Crippen molar-refractivity contribution in [3.05, 3.63) is 30.1 Å².